The standard InChI is InChI=1S/C44H84O6/c1-6-7-8-22-29-34-42(45)48-37-41(38-49-43(46)35-30-25-21-17-19-24-28-33-40(4)5)50-44(47)36-31-26-20-16-14-12-10-9-11-13-15-18-23-27-32-39(2)3/h39-41H,6-38H2,1-5H3/t41-/m0/s1. The Balaban J connectivity index is 4.17. The van der Waals surface area contributed by atoms with Crippen molar-refractivity contribution in [2.24, 2.45) is 11.8 Å². The molecule has 0 aliphatic carbocycles. The molecule has 0 aromatic heterocycles. The highest BCUT2D eigenvalue weighted by Crippen LogP contribution is 2.16. The molecule has 0 aliphatic heterocycles. The van der Waals surface area contributed by atoms with Crippen LogP contribution >= 0.6 is 0 Å². The third-order valence-electron chi connectivity index (χ3n) is 9.72. The van der Waals surface area contributed by atoms with Gasteiger partial charge in [0, 0.05) is 19.3 Å². The smallest absolute Gasteiger partial charge is 0.306 e. The van der Waals surface area contributed by atoms with Crippen LogP contribution in [0.25, 0.3) is 0 Å². The molecule has 0 rings (SSSR count). The summed E-state index contributed by atoms with van der Waals surface area (Å²) >= 11 is 0. The van der Waals surface area contributed by atoms with Gasteiger partial charge in [0.25, 0.3) is 0 Å². The van der Waals surface area contributed by atoms with Gasteiger partial charge in [-0.1, -0.05) is 195 Å². The van der Waals surface area contributed by atoms with E-state index in [0.29, 0.717) is 19.3 Å². The van der Waals surface area contributed by atoms with E-state index in [9.17, 15) is 14.4 Å². The zero-order valence-corrected chi connectivity index (χ0v) is 34.0. The largest absolute Gasteiger partial charge is 0.462 e. The topological polar surface area (TPSA) is 78.9 Å². The third kappa shape index (κ3) is 37.7. The van der Waals surface area contributed by atoms with E-state index >= 15 is 0 Å². The first-order valence-electron chi connectivity index (χ1n) is 21.7. The quantitative estimate of drug-likeness (QED) is 0.0361. The Bertz CT molecular complexity index is 764. The molecule has 0 saturated carbocycles. The zero-order chi connectivity index (χ0) is 36.9. The summed E-state index contributed by atoms with van der Waals surface area (Å²) < 4.78 is 16.6. The number of carbonyl (C=O) groups excluding carboxylic acids is 3. The molecule has 0 aromatic rings. The number of rotatable bonds is 38. The van der Waals surface area contributed by atoms with Gasteiger partial charge in [0.2, 0.25) is 0 Å². The predicted molar refractivity (Wildman–Crippen MR) is 210 cm³/mol. The van der Waals surface area contributed by atoms with E-state index in [1.54, 1.807) is 0 Å². The van der Waals surface area contributed by atoms with Crippen molar-refractivity contribution in [1.82, 2.24) is 0 Å². The second kappa shape index (κ2) is 37.2. The fourth-order valence-corrected chi connectivity index (χ4v) is 6.40. The maximum absolute atomic E-state index is 12.6. The van der Waals surface area contributed by atoms with E-state index in [2.05, 4.69) is 34.6 Å². The first-order valence-corrected chi connectivity index (χ1v) is 21.7. The van der Waals surface area contributed by atoms with E-state index in [-0.39, 0.29) is 31.1 Å². The minimum atomic E-state index is -0.758. The highest BCUT2D eigenvalue weighted by molar-refractivity contribution is 5.71. The molecule has 6 heteroatoms. The maximum atomic E-state index is 12.6. The van der Waals surface area contributed by atoms with Crippen LogP contribution in [0.5, 0.6) is 0 Å². The van der Waals surface area contributed by atoms with Crippen molar-refractivity contribution >= 4 is 17.9 Å². The van der Waals surface area contributed by atoms with E-state index in [1.807, 2.05) is 0 Å². The van der Waals surface area contributed by atoms with Gasteiger partial charge >= 0.3 is 17.9 Å². The van der Waals surface area contributed by atoms with Crippen molar-refractivity contribution in [2.75, 3.05) is 13.2 Å². The van der Waals surface area contributed by atoms with Crippen LogP contribution in [0.2, 0.25) is 0 Å². The molecule has 0 spiro atoms. The summed E-state index contributed by atoms with van der Waals surface area (Å²) in [6.07, 6.45) is 34.1. The molecule has 0 amide bonds. The van der Waals surface area contributed by atoms with Gasteiger partial charge in [0.1, 0.15) is 13.2 Å². The molecular formula is C44H84O6. The van der Waals surface area contributed by atoms with Crippen LogP contribution in [0.4, 0.5) is 0 Å². The Labute approximate surface area is 310 Å². The van der Waals surface area contributed by atoms with Crippen molar-refractivity contribution in [3.63, 3.8) is 0 Å². The minimum Gasteiger partial charge on any atom is -0.462 e. The lowest BCUT2D eigenvalue weighted by Crippen LogP contribution is -2.30. The molecule has 1 atom stereocenters. The van der Waals surface area contributed by atoms with E-state index in [1.165, 1.54) is 116 Å². The molecule has 6 nitrogen and oxygen atoms in total. The van der Waals surface area contributed by atoms with E-state index < -0.39 is 6.10 Å². The normalized spacial score (nSPS) is 12.1. The third-order valence-corrected chi connectivity index (χ3v) is 9.72. The van der Waals surface area contributed by atoms with E-state index in [0.717, 1.165) is 76.0 Å². The van der Waals surface area contributed by atoms with Crippen molar-refractivity contribution in [1.29, 1.82) is 0 Å². The van der Waals surface area contributed by atoms with Crippen LogP contribution in [0.3, 0.4) is 0 Å². The molecule has 0 heterocycles. The Morgan fingerprint density at radius 3 is 0.980 bits per heavy atom. The first-order chi connectivity index (χ1) is 24.2. The van der Waals surface area contributed by atoms with Gasteiger partial charge < -0.3 is 14.2 Å². The average Bonchev–Trinajstić information content (AvgIpc) is 3.08. The molecule has 0 radical (unpaired) electrons. The lowest BCUT2D eigenvalue weighted by Gasteiger charge is -2.18. The van der Waals surface area contributed by atoms with E-state index in [4.69, 9.17) is 14.2 Å². The van der Waals surface area contributed by atoms with Crippen LogP contribution in [-0.2, 0) is 28.6 Å². The number of ether oxygens (including phenoxy) is 3. The molecule has 0 bridgehead atoms. The summed E-state index contributed by atoms with van der Waals surface area (Å²) in [6, 6.07) is 0. The summed E-state index contributed by atoms with van der Waals surface area (Å²) in [5.41, 5.74) is 0. The van der Waals surface area contributed by atoms with Gasteiger partial charge in [0.05, 0.1) is 0 Å². The Morgan fingerprint density at radius 1 is 0.380 bits per heavy atom. The number of hydrogen-bond acceptors (Lipinski definition) is 6. The van der Waals surface area contributed by atoms with Crippen LogP contribution in [0, 0.1) is 11.8 Å². The number of hydrogen-bond donors (Lipinski definition) is 0. The Morgan fingerprint density at radius 2 is 0.660 bits per heavy atom. The fourth-order valence-electron chi connectivity index (χ4n) is 6.40. The average molecular weight is 709 g/mol. The molecule has 0 fully saturated rings. The number of carbonyl (C=O) groups is 3. The fraction of sp³-hybridized carbons (Fsp3) is 0.932. The van der Waals surface area contributed by atoms with Crippen LogP contribution in [0.15, 0.2) is 0 Å². The van der Waals surface area contributed by atoms with Crippen LogP contribution in [-0.4, -0.2) is 37.2 Å². The maximum Gasteiger partial charge on any atom is 0.306 e. The van der Waals surface area contributed by atoms with Crippen LogP contribution < -0.4 is 0 Å². The molecule has 0 N–H and O–H groups in total. The molecule has 0 unspecified atom stereocenters. The van der Waals surface area contributed by atoms with Crippen molar-refractivity contribution in [2.45, 2.75) is 240 Å². The second-order valence-corrected chi connectivity index (χ2v) is 15.9. The van der Waals surface area contributed by atoms with Crippen molar-refractivity contribution < 1.29 is 28.6 Å². The predicted octanol–water partition coefficient (Wildman–Crippen LogP) is 13.4. The van der Waals surface area contributed by atoms with Gasteiger partial charge in [-0.15, -0.1) is 0 Å². The van der Waals surface area contributed by atoms with Crippen LogP contribution in [0.1, 0.15) is 234 Å². The Kier molecular flexibility index (Phi) is 36.0. The first kappa shape index (κ1) is 48.4. The summed E-state index contributed by atoms with van der Waals surface area (Å²) in [5.74, 6) is 0.749. The highest BCUT2D eigenvalue weighted by Gasteiger charge is 2.19. The zero-order valence-electron chi connectivity index (χ0n) is 34.0. The SMILES string of the molecule is CCCCCCCC(=O)OC[C@@H](COC(=O)CCCCCCCCCC(C)C)OC(=O)CCCCCCCCCCCCCCCCC(C)C. The lowest BCUT2D eigenvalue weighted by molar-refractivity contribution is -0.167. The van der Waals surface area contributed by atoms with Gasteiger partial charge in [-0.25, -0.2) is 0 Å². The van der Waals surface area contributed by atoms with Gasteiger partial charge in [0.15, 0.2) is 6.10 Å². The molecule has 0 aliphatic rings. The highest BCUT2D eigenvalue weighted by atomic mass is 16.6. The summed E-state index contributed by atoms with van der Waals surface area (Å²) in [5, 5.41) is 0. The van der Waals surface area contributed by atoms with Gasteiger partial charge in [-0.05, 0) is 31.1 Å². The summed E-state index contributed by atoms with van der Waals surface area (Å²) in [6.45, 7) is 11.2. The second-order valence-electron chi connectivity index (χ2n) is 15.9. The molecule has 0 saturated heterocycles. The number of unbranched alkanes of at least 4 members (excludes halogenated alkanes) is 23. The van der Waals surface area contributed by atoms with Gasteiger partial charge in [-0.2, -0.15) is 0 Å². The minimum absolute atomic E-state index is 0.0670. The molecule has 296 valence electrons. The van der Waals surface area contributed by atoms with Gasteiger partial charge in [-0.3, -0.25) is 14.4 Å². The molecular weight excluding hydrogens is 624 g/mol. The lowest BCUT2D eigenvalue weighted by atomic mass is 10.0. The molecule has 50 heavy (non-hydrogen) atoms. The molecule has 0 aromatic carbocycles. The van der Waals surface area contributed by atoms with Crippen molar-refractivity contribution in [3.8, 4) is 0 Å². The summed E-state index contributed by atoms with van der Waals surface area (Å²) in [7, 11) is 0. The number of esters is 3. The summed E-state index contributed by atoms with van der Waals surface area (Å²) in [4.78, 5) is 37.4. The Hall–Kier alpha value is -1.59. The monoisotopic (exact) mass is 709 g/mol. The van der Waals surface area contributed by atoms with Crippen molar-refractivity contribution in [3.05, 3.63) is 0 Å².